The topological polar surface area (TPSA) is 123 Å². The first-order valence-corrected chi connectivity index (χ1v) is 8.13. The Labute approximate surface area is 150 Å². The van der Waals surface area contributed by atoms with Gasteiger partial charge in [-0.05, 0) is 0 Å². The number of esters is 2. The molecule has 144 valence electrons. The summed E-state index contributed by atoms with van der Waals surface area (Å²) in [6.45, 7) is 2.57. The highest BCUT2D eigenvalue weighted by atomic mass is 16.6. The van der Waals surface area contributed by atoms with Gasteiger partial charge in [-0.15, -0.1) is 0 Å². The van der Waals surface area contributed by atoms with Gasteiger partial charge in [-0.3, -0.25) is 9.59 Å². The Bertz CT molecular complexity index is 599. The van der Waals surface area contributed by atoms with Gasteiger partial charge in [-0.2, -0.15) is 0 Å². The van der Waals surface area contributed by atoms with E-state index in [1.165, 1.54) is 16.7 Å². The SMILES string of the molecule is COC(=O)/C=C/C(=O)O[C@H]1[C@@H](C(=O)N2CCOCC2)N(C(C)=O)C[C@@H]1O. The predicted molar refractivity (Wildman–Crippen MR) is 85.6 cm³/mol. The molecule has 26 heavy (non-hydrogen) atoms. The quantitative estimate of drug-likeness (QED) is 0.449. The molecular formula is C16H22N2O8. The molecule has 0 radical (unpaired) electrons. The summed E-state index contributed by atoms with van der Waals surface area (Å²) in [5, 5.41) is 10.2. The molecule has 2 fully saturated rings. The van der Waals surface area contributed by atoms with Crippen molar-refractivity contribution in [1.29, 1.82) is 0 Å². The molecule has 3 atom stereocenters. The van der Waals surface area contributed by atoms with Crippen LogP contribution in [0.2, 0.25) is 0 Å². The standard InChI is InChI=1S/C16H22N2O8/c1-10(19)18-9-11(20)15(26-13(22)4-3-12(21)24-2)14(18)16(23)17-5-7-25-8-6-17/h3-4,11,14-15,20H,5-9H2,1-2H3/b4-3+/t11-,14-,15+/m0/s1. The van der Waals surface area contributed by atoms with Crippen LogP contribution in [0.1, 0.15) is 6.92 Å². The zero-order valence-electron chi connectivity index (χ0n) is 14.6. The molecule has 10 nitrogen and oxygen atoms in total. The lowest BCUT2D eigenvalue weighted by molar-refractivity contribution is -0.157. The van der Waals surface area contributed by atoms with E-state index < -0.39 is 42.0 Å². The minimum Gasteiger partial charge on any atom is -0.466 e. The van der Waals surface area contributed by atoms with Crippen molar-refractivity contribution in [2.45, 2.75) is 25.2 Å². The average molecular weight is 370 g/mol. The van der Waals surface area contributed by atoms with E-state index in [-0.39, 0.29) is 6.54 Å². The van der Waals surface area contributed by atoms with Gasteiger partial charge in [0.15, 0.2) is 12.1 Å². The maximum atomic E-state index is 12.8. The van der Waals surface area contributed by atoms with Crippen LogP contribution in [0.5, 0.6) is 0 Å². The van der Waals surface area contributed by atoms with Gasteiger partial charge >= 0.3 is 11.9 Å². The molecule has 0 aromatic carbocycles. The highest BCUT2D eigenvalue weighted by Crippen LogP contribution is 2.24. The Morgan fingerprint density at radius 2 is 1.73 bits per heavy atom. The molecule has 0 spiro atoms. The lowest BCUT2D eigenvalue weighted by Crippen LogP contribution is -2.54. The molecule has 2 heterocycles. The fraction of sp³-hybridized carbons (Fsp3) is 0.625. The minimum atomic E-state index is -1.23. The highest BCUT2D eigenvalue weighted by molar-refractivity contribution is 5.92. The number of aliphatic hydroxyl groups excluding tert-OH is 1. The number of aliphatic hydroxyl groups is 1. The zero-order valence-corrected chi connectivity index (χ0v) is 14.6. The molecule has 1 N–H and O–H groups in total. The van der Waals surface area contributed by atoms with Crippen LogP contribution in [0.4, 0.5) is 0 Å². The van der Waals surface area contributed by atoms with Crippen molar-refractivity contribution in [1.82, 2.24) is 9.80 Å². The first-order chi connectivity index (χ1) is 12.3. The summed E-state index contributed by atoms with van der Waals surface area (Å²) in [5.74, 6) is -2.51. The smallest absolute Gasteiger partial charge is 0.331 e. The number of hydrogen-bond donors (Lipinski definition) is 1. The monoisotopic (exact) mass is 370 g/mol. The third-order valence-electron chi connectivity index (χ3n) is 4.20. The second-order valence-electron chi connectivity index (χ2n) is 5.88. The van der Waals surface area contributed by atoms with Crippen LogP contribution in [0.25, 0.3) is 0 Å². The fourth-order valence-corrected chi connectivity index (χ4v) is 2.90. The summed E-state index contributed by atoms with van der Waals surface area (Å²) in [7, 11) is 1.15. The van der Waals surface area contributed by atoms with Gasteiger partial charge in [0.2, 0.25) is 11.8 Å². The second-order valence-corrected chi connectivity index (χ2v) is 5.88. The van der Waals surface area contributed by atoms with Crippen molar-refractivity contribution in [3.8, 4) is 0 Å². The fourth-order valence-electron chi connectivity index (χ4n) is 2.90. The number of carbonyl (C=O) groups is 4. The Balaban J connectivity index is 2.16. The van der Waals surface area contributed by atoms with E-state index in [1.54, 1.807) is 0 Å². The maximum absolute atomic E-state index is 12.8. The Morgan fingerprint density at radius 3 is 2.31 bits per heavy atom. The number of likely N-dealkylation sites (tertiary alicyclic amines) is 1. The molecule has 2 saturated heterocycles. The van der Waals surface area contributed by atoms with Crippen LogP contribution >= 0.6 is 0 Å². The molecule has 10 heteroatoms. The molecule has 0 aromatic heterocycles. The number of morpholine rings is 1. The van der Waals surface area contributed by atoms with Crippen molar-refractivity contribution in [2.75, 3.05) is 40.0 Å². The molecule has 2 rings (SSSR count). The highest BCUT2D eigenvalue weighted by Gasteiger charge is 2.50. The van der Waals surface area contributed by atoms with E-state index in [0.717, 1.165) is 19.3 Å². The summed E-state index contributed by atoms with van der Waals surface area (Å²) in [4.78, 5) is 50.4. The van der Waals surface area contributed by atoms with Crippen LogP contribution < -0.4 is 0 Å². The summed E-state index contributed by atoms with van der Waals surface area (Å²) in [5.41, 5.74) is 0. The summed E-state index contributed by atoms with van der Waals surface area (Å²) in [6.07, 6.45) is -0.746. The van der Waals surface area contributed by atoms with Gasteiger partial charge in [0, 0.05) is 32.2 Å². The number of nitrogens with zero attached hydrogens (tertiary/aromatic N) is 2. The van der Waals surface area contributed by atoms with Gasteiger partial charge in [-0.25, -0.2) is 9.59 Å². The van der Waals surface area contributed by atoms with Gasteiger partial charge < -0.3 is 29.1 Å². The molecule has 0 unspecified atom stereocenters. The summed E-state index contributed by atoms with van der Waals surface area (Å²) < 4.78 is 14.7. The van der Waals surface area contributed by atoms with Crippen molar-refractivity contribution >= 4 is 23.8 Å². The largest absolute Gasteiger partial charge is 0.466 e. The lowest BCUT2D eigenvalue weighted by Gasteiger charge is -2.33. The number of carbonyl (C=O) groups excluding carboxylic acids is 4. The van der Waals surface area contributed by atoms with Crippen molar-refractivity contribution in [3.63, 3.8) is 0 Å². The van der Waals surface area contributed by atoms with Crippen molar-refractivity contribution < 1.29 is 38.5 Å². The second kappa shape index (κ2) is 8.77. The van der Waals surface area contributed by atoms with Crippen LogP contribution in [-0.4, -0.2) is 96.9 Å². The third kappa shape index (κ3) is 4.58. The normalized spacial score (nSPS) is 26.0. The van der Waals surface area contributed by atoms with E-state index in [1.807, 2.05) is 0 Å². The number of ether oxygens (including phenoxy) is 3. The van der Waals surface area contributed by atoms with E-state index in [2.05, 4.69) is 4.74 Å². The molecule has 2 aliphatic heterocycles. The van der Waals surface area contributed by atoms with E-state index >= 15 is 0 Å². The Morgan fingerprint density at radius 1 is 1.12 bits per heavy atom. The van der Waals surface area contributed by atoms with Crippen LogP contribution in [-0.2, 0) is 33.4 Å². The van der Waals surface area contributed by atoms with E-state index in [4.69, 9.17) is 9.47 Å². The molecular weight excluding hydrogens is 348 g/mol. The maximum Gasteiger partial charge on any atom is 0.331 e. The third-order valence-corrected chi connectivity index (χ3v) is 4.20. The van der Waals surface area contributed by atoms with Crippen molar-refractivity contribution in [3.05, 3.63) is 12.2 Å². The van der Waals surface area contributed by atoms with Crippen molar-refractivity contribution in [2.24, 2.45) is 0 Å². The minimum absolute atomic E-state index is 0.130. The van der Waals surface area contributed by atoms with E-state index in [0.29, 0.717) is 26.3 Å². The number of methoxy groups -OCH3 is 1. The zero-order chi connectivity index (χ0) is 19.3. The first-order valence-electron chi connectivity index (χ1n) is 8.13. The van der Waals surface area contributed by atoms with Gasteiger partial charge in [0.25, 0.3) is 0 Å². The molecule has 0 aliphatic carbocycles. The number of amides is 2. The summed E-state index contributed by atoms with van der Waals surface area (Å²) in [6, 6.07) is -1.13. The Hall–Kier alpha value is -2.46. The molecule has 0 bridgehead atoms. The predicted octanol–water partition coefficient (Wildman–Crippen LogP) is -1.92. The summed E-state index contributed by atoms with van der Waals surface area (Å²) >= 11 is 0. The molecule has 0 saturated carbocycles. The van der Waals surface area contributed by atoms with Crippen LogP contribution in [0.3, 0.4) is 0 Å². The molecule has 2 aliphatic rings. The van der Waals surface area contributed by atoms with Gasteiger partial charge in [0.05, 0.1) is 26.9 Å². The average Bonchev–Trinajstić information content (AvgIpc) is 2.96. The molecule has 0 aromatic rings. The van der Waals surface area contributed by atoms with E-state index in [9.17, 15) is 24.3 Å². The van der Waals surface area contributed by atoms with Gasteiger partial charge in [0.1, 0.15) is 6.10 Å². The number of hydrogen-bond acceptors (Lipinski definition) is 8. The number of β-amino-alcohol motifs (C(OH)–C–C–N with tert-alkyl or cyclic N) is 1. The van der Waals surface area contributed by atoms with Gasteiger partial charge in [-0.1, -0.05) is 0 Å². The Kier molecular flexibility index (Phi) is 6.70. The first kappa shape index (κ1) is 19.9. The van der Waals surface area contributed by atoms with Crippen LogP contribution in [0.15, 0.2) is 12.2 Å². The lowest BCUT2D eigenvalue weighted by atomic mass is 10.1. The molecule has 2 amide bonds. The van der Waals surface area contributed by atoms with Crippen LogP contribution in [0, 0.1) is 0 Å². The number of rotatable bonds is 4.